The monoisotopic (exact) mass is 241 g/mol. The second-order valence-corrected chi connectivity index (χ2v) is 4.73. The number of aromatic nitrogens is 4. The Morgan fingerprint density at radius 1 is 1.40 bits per heavy atom. The number of likely N-dealkylation sites (N-methyl/N-ethyl adjacent to an activating group) is 1. The van der Waals surface area contributed by atoms with Crippen molar-refractivity contribution >= 4 is 22.9 Å². The summed E-state index contributed by atoms with van der Waals surface area (Å²) in [6.45, 7) is 4.03. The van der Waals surface area contributed by atoms with Crippen LogP contribution in [0.5, 0.6) is 0 Å². The predicted octanol–water partition coefficient (Wildman–Crippen LogP) is 1.21. The number of hydrogen-bond acceptors (Lipinski definition) is 7. The molecule has 0 radical (unpaired) electrons. The minimum absolute atomic E-state index is 0.913. The van der Waals surface area contributed by atoms with Gasteiger partial charge in [0.25, 0.3) is 0 Å². The van der Waals surface area contributed by atoms with E-state index in [1.165, 1.54) is 11.5 Å². The summed E-state index contributed by atoms with van der Waals surface area (Å²) in [7, 11) is 0. The van der Waals surface area contributed by atoms with E-state index >= 15 is 0 Å². The number of nitrogens with one attached hydrogen (secondary N) is 1. The summed E-state index contributed by atoms with van der Waals surface area (Å²) in [6, 6.07) is 0. The molecule has 5 nitrogen and oxygen atoms in total. The normalized spacial score (nSPS) is 10.7. The molecule has 2 heterocycles. The van der Waals surface area contributed by atoms with Crippen LogP contribution >= 0.6 is 22.9 Å². The Hall–Kier alpha value is -0.920. The maximum Gasteiger partial charge on any atom is 0.161 e. The van der Waals surface area contributed by atoms with Gasteiger partial charge in [-0.1, -0.05) is 22.7 Å². The summed E-state index contributed by atoms with van der Waals surface area (Å²) >= 11 is 2.96. The van der Waals surface area contributed by atoms with Gasteiger partial charge in [0.05, 0.1) is 6.20 Å². The van der Waals surface area contributed by atoms with Gasteiger partial charge in [-0.25, -0.2) is 0 Å². The first-order valence-electron chi connectivity index (χ1n) is 4.71. The van der Waals surface area contributed by atoms with Crippen LogP contribution in [0.2, 0.25) is 0 Å². The van der Waals surface area contributed by atoms with Crippen molar-refractivity contribution in [1.82, 2.24) is 25.1 Å². The fourth-order valence-electron chi connectivity index (χ4n) is 1.09. The van der Waals surface area contributed by atoms with E-state index < -0.39 is 0 Å². The molecule has 2 rings (SSSR count). The van der Waals surface area contributed by atoms with Crippen molar-refractivity contribution < 1.29 is 0 Å². The molecule has 0 unspecified atom stereocenters. The van der Waals surface area contributed by atoms with E-state index in [1.54, 1.807) is 17.5 Å². The molecule has 0 aromatic carbocycles. The largest absolute Gasteiger partial charge is 0.317 e. The quantitative estimate of drug-likeness (QED) is 0.797. The van der Waals surface area contributed by atoms with Gasteiger partial charge in [-0.2, -0.15) is 0 Å². The lowest BCUT2D eigenvalue weighted by Crippen LogP contribution is -2.15. The van der Waals surface area contributed by atoms with Crippen LogP contribution in [0.3, 0.4) is 0 Å². The molecule has 0 spiro atoms. The highest BCUT2D eigenvalue weighted by Crippen LogP contribution is 2.25. The van der Waals surface area contributed by atoms with Crippen molar-refractivity contribution in [1.29, 1.82) is 0 Å². The zero-order valence-corrected chi connectivity index (χ0v) is 9.94. The van der Waals surface area contributed by atoms with E-state index in [9.17, 15) is 0 Å². The first kappa shape index (κ1) is 10.6. The van der Waals surface area contributed by atoms with Crippen LogP contribution in [0.4, 0.5) is 0 Å². The molecule has 0 aliphatic carbocycles. The van der Waals surface area contributed by atoms with Gasteiger partial charge in [-0.3, -0.25) is 0 Å². The third-order valence-electron chi connectivity index (χ3n) is 1.80. The molecule has 0 atom stereocenters. The Labute approximate surface area is 95.7 Å². The molecule has 0 bridgehead atoms. The molecule has 2 aromatic rings. The van der Waals surface area contributed by atoms with Gasteiger partial charge >= 0.3 is 0 Å². The van der Waals surface area contributed by atoms with Crippen LogP contribution in [-0.2, 0) is 6.42 Å². The zero-order chi connectivity index (χ0) is 10.5. The molecule has 1 N–H and O–H groups in total. The van der Waals surface area contributed by atoms with Gasteiger partial charge < -0.3 is 5.32 Å². The van der Waals surface area contributed by atoms with Crippen molar-refractivity contribution in [3.63, 3.8) is 0 Å². The fraction of sp³-hybridized carbons (Fsp3) is 0.500. The summed E-state index contributed by atoms with van der Waals surface area (Å²) in [5, 5.41) is 17.2. The molecule has 0 saturated carbocycles. The lowest BCUT2D eigenvalue weighted by Gasteiger charge is -1.95. The van der Waals surface area contributed by atoms with Crippen LogP contribution < -0.4 is 5.32 Å². The number of nitrogens with zero attached hydrogens (tertiary/aromatic N) is 4. The van der Waals surface area contributed by atoms with E-state index in [2.05, 4.69) is 32.0 Å². The number of hydrogen-bond donors (Lipinski definition) is 1. The topological polar surface area (TPSA) is 63.6 Å². The fourth-order valence-corrected chi connectivity index (χ4v) is 2.46. The SMILES string of the molecule is CCNCCc1nnc(-c2cnns2)s1. The van der Waals surface area contributed by atoms with E-state index in [-0.39, 0.29) is 0 Å². The summed E-state index contributed by atoms with van der Waals surface area (Å²) in [5.41, 5.74) is 0. The highest BCUT2D eigenvalue weighted by molar-refractivity contribution is 7.19. The van der Waals surface area contributed by atoms with Crippen LogP contribution in [0.1, 0.15) is 11.9 Å². The van der Waals surface area contributed by atoms with Crippen molar-refractivity contribution in [2.24, 2.45) is 0 Å². The smallest absolute Gasteiger partial charge is 0.161 e. The molecule has 0 aliphatic rings. The van der Waals surface area contributed by atoms with Crippen LogP contribution in [-0.4, -0.2) is 32.9 Å². The van der Waals surface area contributed by atoms with E-state index in [0.29, 0.717) is 0 Å². The van der Waals surface area contributed by atoms with E-state index in [1.807, 2.05) is 0 Å². The lowest BCUT2D eigenvalue weighted by atomic mass is 10.4. The Balaban J connectivity index is 1.98. The minimum Gasteiger partial charge on any atom is -0.317 e. The van der Waals surface area contributed by atoms with Crippen molar-refractivity contribution in [2.75, 3.05) is 13.1 Å². The second-order valence-electron chi connectivity index (χ2n) is 2.89. The molecule has 0 amide bonds. The van der Waals surface area contributed by atoms with Crippen molar-refractivity contribution in [3.8, 4) is 9.88 Å². The first-order chi connectivity index (χ1) is 7.40. The summed E-state index contributed by atoms with van der Waals surface area (Å²) in [4.78, 5) is 0.988. The molecular formula is C8H11N5S2. The van der Waals surface area contributed by atoms with Crippen LogP contribution in [0.25, 0.3) is 9.88 Å². The lowest BCUT2D eigenvalue weighted by molar-refractivity contribution is 0.710. The molecule has 15 heavy (non-hydrogen) atoms. The third-order valence-corrected chi connectivity index (χ3v) is 3.62. The highest BCUT2D eigenvalue weighted by atomic mass is 32.1. The predicted molar refractivity (Wildman–Crippen MR) is 61.1 cm³/mol. The third kappa shape index (κ3) is 2.77. The Morgan fingerprint density at radius 2 is 2.33 bits per heavy atom. The maximum absolute atomic E-state index is 4.12. The number of rotatable bonds is 5. The summed E-state index contributed by atoms with van der Waals surface area (Å²) < 4.78 is 3.80. The first-order valence-corrected chi connectivity index (χ1v) is 6.30. The second kappa shape index (κ2) is 5.24. The molecule has 0 saturated heterocycles. The average molecular weight is 241 g/mol. The maximum atomic E-state index is 4.12. The molecule has 0 aliphatic heterocycles. The molecule has 2 aromatic heterocycles. The average Bonchev–Trinajstić information content (AvgIpc) is 2.87. The van der Waals surface area contributed by atoms with Gasteiger partial charge in [-0.05, 0) is 18.1 Å². The van der Waals surface area contributed by atoms with Gasteiger partial charge in [0.2, 0.25) is 0 Å². The summed E-state index contributed by atoms with van der Waals surface area (Å²) in [6.07, 6.45) is 2.65. The van der Waals surface area contributed by atoms with Gasteiger partial charge in [0.15, 0.2) is 5.01 Å². The van der Waals surface area contributed by atoms with Crippen LogP contribution in [0, 0.1) is 0 Å². The molecule has 80 valence electrons. The molecule has 0 fully saturated rings. The van der Waals surface area contributed by atoms with E-state index in [0.717, 1.165) is 34.4 Å². The summed E-state index contributed by atoms with van der Waals surface area (Å²) in [5.74, 6) is 0. The highest BCUT2D eigenvalue weighted by Gasteiger charge is 2.08. The molecular weight excluding hydrogens is 230 g/mol. The standard InChI is InChI=1S/C8H11N5S2/c1-2-9-4-3-7-11-12-8(14-7)6-5-10-13-15-6/h5,9H,2-4H2,1H3. The van der Waals surface area contributed by atoms with Gasteiger partial charge in [0.1, 0.15) is 9.88 Å². The van der Waals surface area contributed by atoms with Crippen molar-refractivity contribution in [3.05, 3.63) is 11.2 Å². The molecule has 7 heteroatoms. The van der Waals surface area contributed by atoms with Gasteiger partial charge in [0, 0.05) is 13.0 Å². The minimum atomic E-state index is 0.913. The van der Waals surface area contributed by atoms with Gasteiger partial charge in [-0.15, -0.1) is 15.3 Å². The Bertz CT molecular complexity index is 397. The zero-order valence-electron chi connectivity index (χ0n) is 8.30. The Morgan fingerprint density at radius 3 is 3.07 bits per heavy atom. The van der Waals surface area contributed by atoms with Crippen LogP contribution in [0.15, 0.2) is 6.20 Å². The van der Waals surface area contributed by atoms with E-state index in [4.69, 9.17) is 0 Å². The van der Waals surface area contributed by atoms with Crippen molar-refractivity contribution in [2.45, 2.75) is 13.3 Å². The Kier molecular flexibility index (Phi) is 3.70.